The summed E-state index contributed by atoms with van der Waals surface area (Å²) < 4.78 is 0. The zero-order chi connectivity index (χ0) is 15.8. The first-order chi connectivity index (χ1) is 9.90. The van der Waals surface area contributed by atoms with Crippen molar-refractivity contribution in [2.75, 3.05) is 60.1 Å². The standard InChI is InChI=1S/C13H27N7O/c1-18(2)7-5-9-20(10-6-8-19(3)4)12(21)11-15-13(14)17-16-11/h5-10H2,1-4H3,(H3,14,15,16,17). The molecule has 0 radical (unpaired) electrons. The summed E-state index contributed by atoms with van der Waals surface area (Å²) in [5.74, 6) is 0.166. The van der Waals surface area contributed by atoms with Crippen molar-refractivity contribution in [3.05, 3.63) is 5.82 Å². The van der Waals surface area contributed by atoms with E-state index >= 15 is 0 Å². The second kappa shape index (κ2) is 8.58. The van der Waals surface area contributed by atoms with E-state index in [1.54, 1.807) is 0 Å². The van der Waals surface area contributed by atoms with Crippen LogP contribution in [0.5, 0.6) is 0 Å². The molecule has 0 atom stereocenters. The molecule has 21 heavy (non-hydrogen) atoms. The molecular formula is C13H27N7O. The Morgan fingerprint density at radius 3 is 1.95 bits per heavy atom. The van der Waals surface area contributed by atoms with Crippen LogP contribution in [0, 0.1) is 0 Å². The maximum Gasteiger partial charge on any atom is 0.291 e. The van der Waals surface area contributed by atoms with E-state index in [2.05, 4.69) is 25.0 Å². The van der Waals surface area contributed by atoms with Crippen molar-refractivity contribution in [2.24, 2.45) is 0 Å². The van der Waals surface area contributed by atoms with Gasteiger partial charge >= 0.3 is 0 Å². The molecule has 1 aromatic rings. The molecule has 0 aliphatic carbocycles. The number of aromatic amines is 1. The van der Waals surface area contributed by atoms with E-state index in [-0.39, 0.29) is 17.7 Å². The van der Waals surface area contributed by atoms with Crippen LogP contribution in [0.3, 0.4) is 0 Å². The Kier molecular flexibility index (Phi) is 7.10. The lowest BCUT2D eigenvalue weighted by molar-refractivity contribution is 0.0733. The van der Waals surface area contributed by atoms with Gasteiger partial charge in [-0.05, 0) is 54.1 Å². The molecule has 0 saturated carbocycles. The summed E-state index contributed by atoms with van der Waals surface area (Å²) in [6, 6.07) is 0. The van der Waals surface area contributed by atoms with Gasteiger partial charge in [0.2, 0.25) is 11.8 Å². The number of amides is 1. The van der Waals surface area contributed by atoms with Gasteiger partial charge in [0.25, 0.3) is 5.91 Å². The average Bonchev–Trinajstić information content (AvgIpc) is 2.82. The molecule has 0 bridgehead atoms. The van der Waals surface area contributed by atoms with Crippen LogP contribution < -0.4 is 5.73 Å². The molecule has 0 unspecified atom stereocenters. The molecule has 1 amide bonds. The lowest BCUT2D eigenvalue weighted by Crippen LogP contribution is -2.36. The van der Waals surface area contributed by atoms with E-state index in [1.165, 1.54) is 0 Å². The van der Waals surface area contributed by atoms with Gasteiger partial charge in [0.05, 0.1) is 0 Å². The Morgan fingerprint density at radius 2 is 1.57 bits per heavy atom. The molecule has 3 N–H and O–H groups in total. The Morgan fingerprint density at radius 1 is 1.05 bits per heavy atom. The van der Waals surface area contributed by atoms with Gasteiger partial charge in [-0.25, -0.2) is 0 Å². The summed E-state index contributed by atoms with van der Waals surface area (Å²) in [5.41, 5.74) is 5.46. The number of nitrogens with two attached hydrogens (primary N) is 1. The zero-order valence-electron chi connectivity index (χ0n) is 13.5. The number of H-pyrrole nitrogens is 1. The highest BCUT2D eigenvalue weighted by molar-refractivity contribution is 5.90. The molecule has 0 aliphatic heterocycles. The van der Waals surface area contributed by atoms with Crippen molar-refractivity contribution in [1.29, 1.82) is 0 Å². The molecule has 8 nitrogen and oxygen atoms in total. The number of carbonyl (C=O) groups is 1. The predicted octanol–water partition coefficient (Wildman–Crippen LogP) is -0.267. The highest BCUT2D eigenvalue weighted by Crippen LogP contribution is 2.04. The van der Waals surface area contributed by atoms with Crippen molar-refractivity contribution < 1.29 is 4.79 Å². The Bertz CT molecular complexity index is 416. The van der Waals surface area contributed by atoms with Gasteiger partial charge < -0.3 is 20.4 Å². The minimum Gasteiger partial charge on any atom is -0.366 e. The van der Waals surface area contributed by atoms with Crippen LogP contribution in [0.25, 0.3) is 0 Å². The largest absolute Gasteiger partial charge is 0.366 e. The van der Waals surface area contributed by atoms with Crippen molar-refractivity contribution in [2.45, 2.75) is 12.8 Å². The van der Waals surface area contributed by atoms with Crippen LogP contribution in [-0.2, 0) is 0 Å². The predicted molar refractivity (Wildman–Crippen MR) is 83.0 cm³/mol. The third kappa shape index (κ3) is 6.54. The van der Waals surface area contributed by atoms with Crippen molar-refractivity contribution >= 4 is 11.9 Å². The van der Waals surface area contributed by atoms with Crippen molar-refractivity contribution in [1.82, 2.24) is 29.9 Å². The van der Waals surface area contributed by atoms with Gasteiger partial charge in [0.1, 0.15) is 0 Å². The number of aromatic nitrogens is 3. The minimum atomic E-state index is -0.142. The quantitative estimate of drug-likeness (QED) is 0.652. The summed E-state index contributed by atoms with van der Waals surface area (Å²) in [6.07, 6.45) is 1.84. The fourth-order valence-corrected chi connectivity index (χ4v) is 1.99. The average molecular weight is 297 g/mol. The minimum absolute atomic E-state index is 0.0971. The number of hydrogen-bond acceptors (Lipinski definition) is 6. The van der Waals surface area contributed by atoms with Crippen LogP contribution in [0.1, 0.15) is 23.5 Å². The number of carbonyl (C=O) groups excluding carboxylic acids is 1. The topological polar surface area (TPSA) is 94.4 Å². The number of rotatable bonds is 9. The van der Waals surface area contributed by atoms with E-state index in [0.717, 1.165) is 25.9 Å². The first kappa shape index (κ1) is 17.4. The molecule has 0 saturated heterocycles. The molecule has 8 heteroatoms. The van der Waals surface area contributed by atoms with Crippen LogP contribution in [0.15, 0.2) is 0 Å². The van der Waals surface area contributed by atoms with Gasteiger partial charge in [-0.1, -0.05) is 0 Å². The number of nitrogens with zero attached hydrogens (tertiary/aromatic N) is 5. The molecule has 120 valence electrons. The summed E-state index contributed by atoms with van der Waals surface area (Å²) in [5, 5.41) is 6.30. The summed E-state index contributed by atoms with van der Waals surface area (Å²) in [7, 11) is 8.09. The lowest BCUT2D eigenvalue weighted by Gasteiger charge is -2.23. The van der Waals surface area contributed by atoms with Crippen LogP contribution in [0.2, 0.25) is 0 Å². The summed E-state index contributed by atoms with van der Waals surface area (Å²) in [6.45, 7) is 3.28. The molecule has 1 heterocycles. The van der Waals surface area contributed by atoms with Gasteiger partial charge in [-0.15, -0.1) is 5.10 Å². The number of anilines is 1. The van der Waals surface area contributed by atoms with Gasteiger partial charge in [0.15, 0.2) is 0 Å². The number of hydrogen-bond donors (Lipinski definition) is 2. The normalized spacial score (nSPS) is 11.3. The smallest absolute Gasteiger partial charge is 0.291 e. The van der Waals surface area contributed by atoms with E-state index < -0.39 is 0 Å². The lowest BCUT2D eigenvalue weighted by atomic mass is 10.3. The highest BCUT2D eigenvalue weighted by atomic mass is 16.2. The monoisotopic (exact) mass is 297 g/mol. The van der Waals surface area contributed by atoms with Crippen LogP contribution >= 0.6 is 0 Å². The SMILES string of the molecule is CN(C)CCCN(CCCN(C)C)C(=O)c1nc(N)n[nH]1. The van der Waals surface area contributed by atoms with E-state index in [1.807, 2.05) is 33.1 Å². The third-order valence-corrected chi connectivity index (χ3v) is 3.06. The van der Waals surface area contributed by atoms with Crippen molar-refractivity contribution in [3.8, 4) is 0 Å². The first-order valence-electron chi connectivity index (χ1n) is 7.16. The maximum atomic E-state index is 12.4. The van der Waals surface area contributed by atoms with Gasteiger partial charge in [0, 0.05) is 13.1 Å². The molecule has 1 rings (SSSR count). The molecule has 1 aromatic heterocycles. The second-order valence-corrected chi connectivity index (χ2v) is 5.65. The maximum absolute atomic E-state index is 12.4. The van der Waals surface area contributed by atoms with Crippen LogP contribution in [0.4, 0.5) is 5.95 Å². The molecule has 0 spiro atoms. The van der Waals surface area contributed by atoms with Gasteiger partial charge in [-0.3, -0.25) is 9.89 Å². The summed E-state index contributed by atoms with van der Waals surface area (Å²) in [4.78, 5) is 22.4. The molecular weight excluding hydrogens is 270 g/mol. The Hall–Kier alpha value is -1.67. The third-order valence-electron chi connectivity index (χ3n) is 3.06. The van der Waals surface area contributed by atoms with Crippen molar-refractivity contribution in [3.63, 3.8) is 0 Å². The number of nitrogens with one attached hydrogen (secondary N) is 1. The number of nitrogen functional groups attached to an aromatic ring is 1. The Labute approximate surface area is 126 Å². The molecule has 0 aromatic carbocycles. The second-order valence-electron chi connectivity index (χ2n) is 5.65. The van der Waals surface area contributed by atoms with Gasteiger partial charge in [-0.2, -0.15) is 4.98 Å². The zero-order valence-corrected chi connectivity index (χ0v) is 13.5. The fourth-order valence-electron chi connectivity index (χ4n) is 1.99. The summed E-state index contributed by atoms with van der Waals surface area (Å²) >= 11 is 0. The first-order valence-corrected chi connectivity index (χ1v) is 7.16. The van der Waals surface area contributed by atoms with E-state index in [9.17, 15) is 4.79 Å². The fraction of sp³-hybridized carbons (Fsp3) is 0.769. The molecule has 0 fully saturated rings. The van der Waals surface area contributed by atoms with Crippen LogP contribution in [-0.4, -0.2) is 90.2 Å². The van der Waals surface area contributed by atoms with E-state index in [0.29, 0.717) is 13.1 Å². The Balaban J connectivity index is 2.59. The van der Waals surface area contributed by atoms with E-state index in [4.69, 9.17) is 5.73 Å². The highest BCUT2D eigenvalue weighted by Gasteiger charge is 2.18. The molecule has 0 aliphatic rings.